The lowest BCUT2D eigenvalue weighted by molar-refractivity contribution is -0.149. The van der Waals surface area contributed by atoms with Crippen LogP contribution in [0, 0.1) is 11.3 Å². The summed E-state index contributed by atoms with van der Waals surface area (Å²) < 4.78 is 5.43. The van der Waals surface area contributed by atoms with Gasteiger partial charge in [0, 0.05) is 24.3 Å². The van der Waals surface area contributed by atoms with Gasteiger partial charge in [-0.3, -0.25) is 4.79 Å². The molecule has 0 spiro atoms. The molecule has 1 aliphatic heterocycles. The minimum Gasteiger partial charge on any atom is -0.496 e. The molecular weight excluding hydrogens is 356 g/mol. The Kier molecular flexibility index (Phi) is 4.71. The van der Waals surface area contributed by atoms with Crippen LogP contribution in [0.1, 0.15) is 19.3 Å². The molecule has 2 N–H and O–H groups in total. The zero-order valence-corrected chi connectivity index (χ0v) is 15.9. The Morgan fingerprint density at radius 2 is 2.04 bits per heavy atom. The molecule has 28 heavy (non-hydrogen) atoms. The summed E-state index contributed by atoms with van der Waals surface area (Å²) >= 11 is 0. The third-order valence-corrected chi connectivity index (χ3v) is 6.12. The number of methoxy groups -OCH3 is 1. The van der Waals surface area contributed by atoms with Crippen molar-refractivity contribution in [1.82, 2.24) is 4.90 Å². The Hall–Kier alpha value is -3.02. The van der Waals surface area contributed by atoms with Crippen LogP contribution >= 0.6 is 0 Å². The number of anilines is 1. The van der Waals surface area contributed by atoms with Gasteiger partial charge in [0.1, 0.15) is 5.75 Å². The Morgan fingerprint density at radius 1 is 1.21 bits per heavy atom. The fourth-order valence-electron chi connectivity index (χ4n) is 4.64. The molecule has 146 valence electrons. The van der Waals surface area contributed by atoms with Crippen LogP contribution in [-0.2, 0) is 4.79 Å². The smallest absolute Gasteiger partial charge is 0.321 e. The molecule has 0 unspecified atom stereocenters. The predicted molar refractivity (Wildman–Crippen MR) is 106 cm³/mol. The summed E-state index contributed by atoms with van der Waals surface area (Å²) in [5.41, 5.74) is 1.79. The number of likely N-dealkylation sites (tertiary alicyclic amines) is 1. The second-order valence-corrected chi connectivity index (χ2v) is 7.64. The summed E-state index contributed by atoms with van der Waals surface area (Å²) in [5.74, 6) is 0.0425. The topological polar surface area (TPSA) is 78.9 Å². The molecule has 1 aliphatic carbocycles. The van der Waals surface area contributed by atoms with E-state index in [1.54, 1.807) is 12.0 Å². The van der Waals surface area contributed by atoms with E-state index in [1.165, 1.54) is 0 Å². The number of fused-ring (bicyclic) bond motifs is 1. The van der Waals surface area contributed by atoms with E-state index in [4.69, 9.17) is 4.74 Å². The van der Waals surface area contributed by atoms with E-state index in [0.29, 0.717) is 18.7 Å². The monoisotopic (exact) mass is 380 g/mol. The van der Waals surface area contributed by atoms with Gasteiger partial charge in [0.15, 0.2) is 0 Å². The number of nitrogens with zero attached hydrogens (tertiary/aromatic N) is 1. The highest BCUT2D eigenvalue weighted by Gasteiger charge is 2.55. The summed E-state index contributed by atoms with van der Waals surface area (Å²) in [6, 6.07) is 15.1. The number of ether oxygens (including phenoxy) is 1. The molecule has 1 heterocycles. The summed E-state index contributed by atoms with van der Waals surface area (Å²) in [6.07, 6.45) is 2.45. The van der Waals surface area contributed by atoms with E-state index in [-0.39, 0.29) is 18.5 Å². The maximum atomic E-state index is 12.8. The van der Waals surface area contributed by atoms with Gasteiger partial charge >= 0.3 is 12.0 Å². The number of hydrogen-bond donors (Lipinski definition) is 2. The Labute approximate surface area is 164 Å². The van der Waals surface area contributed by atoms with Gasteiger partial charge < -0.3 is 20.1 Å². The number of urea groups is 1. The standard InChI is InChI=1S/C22H24N2O4/c1-28-19-10-3-2-9-18(19)15-6-4-8-17(12-15)23-21(27)24-13-16-7-5-11-22(16,14-24)20(25)26/h2-4,6,8-10,12,16H,5,7,11,13-14H2,1H3,(H,23,27)(H,25,26)/t16-,22+/m0/s1. The van der Waals surface area contributed by atoms with Gasteiger partial charge in [-0.15, -0.1) is 0 Å². The number of benzene rings is 2. The second-order valence-electron chi connectivity index (χ2n) is 7.64. The Balaban J connectivity index is 1.51. The average molecular weight is 380 g/mol. The Bertz CT molecular complexity index is 913. The second kappa shape index (κ2) is 7.19. The molecule has 1 saturated heterocycles. The van der Waals surface area contributed by atoms with Crippen molar-refractivity contribution in [3.05, 3.63) is 48.5 Å². The lowest BCUT2D eigenvalue weighted by Crippen LogP contribution is -2.38. The number of amides is 2. The van der Waals surface area contributed by atoms with Crippen LogP contribution in [0.5, 0.6) is 5.75 Å². The number of carboxylic acids is 1. The number of aliphatic carboxylic acids is 1. The SMILES string of the molecule is COc1ccccc1-c1cccc(NC(=O)N2C[C@@H]3CCC[C@@]3(C(=O)O)C2)c1. The number of para-hydroxylation sites is 1. The lowest BCUT2D eigenvalue weighted by Gasteiger charge is -2.23. The van der Waals surface area contributed by atoms with Crippen LogP contribution in [0.25, 0.3) is 11.1 Å². The maximum Gasteiger partial charge on any atom is 0.321 e. The highest BCUT2D eigenvalue weighted by Crippen LogP contribution is 2.49. The molecule has 2 fully saturated rings. The highest BCUT2D eigenvalue weighted by atomic mass is 16.5. The van der Waals surface area contributed by atoms with Crippen molar-refractivity contribution in [3.8, 4) is 16.9 Å². The number of carboxylic acid groups (broad SMARTS) is 1. The van der Waals surface area contributed by atoms with Crippen molar-refractivity contribution in [2.24, 2.45) is 11.3 Å². The molecule has 6 heteroatoms. The number of rotatable bonds is 4. The van der Waals surface area contributed by atoms with Crippen LogP contribution in [0.2, 0.25) is 0 Å². The van der Waals surface area contributed by atoms with E-state index in [9.17, 15) is 14.7 Å². The molecule has 4 rings (SSSR count). The summed E-state index contributed by atoms with van der Waals surface area (Å²) in [7, 11) is 1.63. The molecule has 0 bridgehead atoms. The molecule has 1 saturated carbocycles. The molecule has 0 radical (unpaired) electrons. The molecule has 2 aromatic rings. The molecule has 2 atom stereocenters. The minimum absolute atomic E-state index is 0.0515. The predicted octanol–water partition coefficient (Wildman–Crippen LogP) is 4.08. The van der Waals surface area contributed by atoms with E-state index < -0.39 is 11.4 Å². The summed E-state index contributed by atoms with van der Waals surface area (Å²) in [4.78, 5) is 26.2. The molecular formula is C22H24N2O4. The number of hydrogen-bond acceptors (Lipinski definition) is 3. The number of carbonyl (C=O) groups is 2. The third-order valence-electron chi connectivity index (χ3n) is 6.12. The van der Waals surface area contributed by atoms with Crippen LogP contribution in [-0.4, -0.2) is 42.2 Å². The quantitative estimate of drug-likeness (QED) is 0.838. The molecule has 6 nitrogen and oxygen atoms in total. The fraction of sp³-hybridized carbons (Fsp3) is 0.364. The molecule has 2 aliphatic rings. The van der Waals surface area contributed by atoms with E-state index in [0.717, 1.165) is 29.7 Å². The van der Waals surface area contributed by atoms with Gasteiger partial charge in [-0.2, -0.15) is 0 Å². The number of nitrogens with one attached hydrogen (secondary N) is 1. The normalized spacial score (nSPS) is 23.3. The molecule has 0 aromatic heterocycles. The average Bonchev–Trinajstić information content (AvgIpc) is 3.27. The van der Waals surface area contributed by atoms with Gasteiger partial charge in [-0.1, -0.05) is 36.8 Å². The van der Waals surface area contributed by atoms with Gasteiger partial charge in [-0.25, -0.2) is 4.79 Å². The molecule has 2 aromatic carbocycles. The first-order valence-electron chi connectivity index (χ1n) is 9.56. The van der Waals surface area contributed by atoms with Crippen molar-refractivity contribution >= 4 is 17.7 Å². The number of carbonyl (C=O) groups excluding carboxylic acids is 1. The largest absolute Gasteiger partial charge is 0.496 e. The molecule has 2 amide bonds. The van der Waals surface area contributed by atoms with Crippen molar-refractivity contribution in [2.75, 3.05) is 25.5 Å². The lowest BCUT2D eigenvalue weighted by atomic mass is 9.81. The highest BCUT2D eigenvalue weighted by molar-refractivity contribution is 5.91. The summed E-state index contributed by atoms with van der Waals surface area (Å²) in [6.45, 7) is 0.787. The van der Waals surface area contributed by atoms with Gasteiger partial charge in [0.25, 0.3) is 0 Å². The first-order valence-corrected chi connectivity index (χ1v) is 9.56. The van der Waals surface area contributed by atoms with Crippen LogP contribution in [0.3, 0.4) is 0 Å². The zero-order valence-electron chi connectivity index (χ0n) is 15.9. The van der Waals surface area contributed by atoms with Crippen LogP contribution < -0.4 is 10.1 Å². The van der Waals surface area contributed by atoms with E-state index >= 15 is 0 Å². The van der Waals surface area contributed by atoms with Gasteiger partial charge in [-0.05, 0) is 42.5 Å². The maximum absolute atomic E-state index is 12.8. The van der Waals surface area contributed by atoms with Crippen molar-refractivity contribution in [3.63, 3.8) is 0 Å². The zero-order chi connectivity index (χ0) is 19.7. The van der Waals surface area contributed by atoms with E-state index in [1.807, 2.05) is 48.5 Å². The first kappa shape index (κ1) is 18.3. The van der Waals surface area contributed by atoms with Gasteiger partial charge in [0.05, 0.1) is 12.5 Å². The van der Waals surface area contributed by atoms with Crippen molar-refractivity contribution in [1.29, 1.82) is 0 Å². The fourth-order valence-corrected chi connectivity index (χ4v) is 4.64. The Morgan fingerprint density at radius 3 is 2.79 bits per heavy atom. The van der Waals surface area contributed by atoms with Crippen LogP contribution in [0.15, 0.2) is 48.5 Å². The first-order chi connectivity index (χ1) is 13.5. The van der Waals surface area contributed by atoms with Crippen molar-refractivity contribution in [2.45, 2.75) is 19.3 Å². The minimum atomic E-state index is -0.775. The van der Waals surface area contributed by atoms with Crippen LogP contribution in [0.4, 0.5) is 10.5 Å². The van der Waals surface area contributed by atoms with Gasteiger partial charge in [0.2, 0.25) is 0 Å². The third kappa shape index (κ3) is 3.09. The van der Waals surface area contributed by atoms with Crippen molar-refractivity contribution < 1.29 is 19.4 Å². The summed E-state index contributed by atoms with van der Waals surface area (Å²) in [5, 5.41) is 12.6. The van der Waals surface area contributed by atoms with E-state index in [2.05, 4.69) is 5.32 Å².